The Morgan fingerprint density at radius 1 is 1.34 bits per heavy atom. The second kappa shape index (κ2) is 7.25. The van der Waals surface area contributed by atoms with Crippen molar-refractivity contribution in [3.05, 3.63) is 45.9 Å². The van der Waals surface area contributed by atoms with Crippen molar-refractivity contribution in [3.63, 3.8) is 0 Å². The molecule has 2 aromatic heterocycles. The minimum atomic E-state index is -0.610. The van der Waals surface area contributed by atoms with Gasteiger partial charge >= 0.3 is 0 Å². The van der Waals surface area contributed by atoms with Crippen LogP contribution >= 0.6 is 22.9 Å². The fourth-order valence-corrected chi connectivity index (χ4v) is 5.33. The number of pyridine rings is 1. The number of carbonyl (C=O) groups excluding carboxylic acids is 1. The molecule has 6 nitrogen and oxygen atoms in total. The molecule has 0 radical (unpaired) electrons. The van der Waals surface area contributed by atoms with E-state index in [1.54, 1.807) is 11.1 Å². The number of aliphatic hydroxyl groups excluding tert-OH is 2. The molecule has 5 rings (SSSR count). The molecule has 4 heterocycles. The molecule has 2 atom stereocenters. The lowest BCUT2D eigenvalue weighted by Gasteiger charge is -2.20. The second-order valence-corrected chi connectivity index (χ2v) is 9.00. The largest absolute Gasteiger partial charge is 0.479 e. The van der Waals surface area contributed by atoms with Gasteiger partial charge in [0, 0.05) is 52.3 Å². The average molecular weight is 431 g/mol. The van der Waals surface area contributed by atoms with Crippen LogP contribution in [0.4, 0.5) is 0 Å². The molecule has 0 aliphatic carbocycles. The summed E-state index contributed by atoms with van der Waals surface area (Å²) in [5.41, 5.74) is 3.45. The van der Waals surface area contributed by atoms with E-state index in [1.165, 1.54) is 11.3 Å². The van der Waals surface area contributed by atoms with Crippen molar-refractivity contribution in [2.24, 2.45) is 0 Å². The van der Waals surface area contributed by atoms with Gasteiger partial charge in [0.1, 0.15) is 5.75 Å². The van der Waals surface area contributed by atoms with Crippen LogP contribution in [-0.4, -0.2) is 51.3 Å². The summed E-state index contributed by atoms with van der Waals surface area (Å²) in [6.45, 7) is 0.865. The first-order valence-corrected chi connectivity index (χ1v) is 10.7. The molecule has 2 N–H and O–H groups in total. The molecule has 0 spiro atoms. The van der Waals surface area contributed by atoms with Crippen molar-refractivity contribution in [2.45, 2.75) is 31.7 Å². The molecule has 0 saturated carbocycles. The van der Waals surface area contributed by atoms with Gasteiger partial charge < -0.3 is 19.8 Å². The standard InChI is InChI=1S/C21H19ClN2O4S/c22-12-5-11-6-18(21(27)24-4-2-13(26)9-24)28-19(11)16(7-12)15-1-3-23-17-8-14(10-25)29-20(15)17/h1,3,5,7-8,13,18,25-26H,2,4,6,9-10H2. The molecule has 1 amide bonds. The summed E-state index contributed by atoms with van der Waals surface area (Å²) in [6, 6.07) is 7.47. The van der Waals surface area contributed by atoms with E-state index in [-0.39, 0.29) is 12.5 Å². The van der Waals surface area contributed by atoms with Gasteiger partial charge in [-0.05, 0) is 30.7 Å². The number of β-amino-alcohol motifs (C(OH)–C–C–N with tert-alkyl or cyclic N) is 1. The lowest BCUT2D eigenvalue weighted by atomic mass is 10.0. The van der Waals surface area contributed by atoms with Crippen LogP contribution in [0, 0.1) is 0 Å². The first kappa shape index (κ1) is 18.8. The summed E-state index contributed by atoms with van der Waals surface area (Å²) < 4.78 is 7.09. The third-order valence-corrected chi connectivity index (χ3v) is 6.82. The van der Waals surface area contributed by atoms with Crippen molar-refractivity contribution < 1.29 is 19.7 Å². The average Bonchev–Trinajstić information content (AvgIpc) is 3.43. The monoisotopic (exact) mass is 430 g/mol. The smallest absolute Gasteiger partial charge is 0.264 e. The fourth-order valence-electron chi connectivity index (χ4n) is 4.09. The Morgan fingerprint density at radius 2 is 2.21 bits per heavy atom. The van der Waals surface area contributed by atoms with Gasteiger partial charge in [-0.3, -0.25) is 9.78 Å². The Bertz CT molecular complexity index is 1120. The highest BCUT2D eigenvalue weighted by atomic mass is 35.5. The number of benzene rings is 1. The lowest BCUT2D eigenvalue weighted by Crippen LogP contribution is -2.40. The highest BCUT2D eigenvalue weighted by Crippen LogP contribution is 2.44. The lowest BCUT2D eigenvalue weighted by molar-refractivity contribution is -0.137. The van der Waals surface area contributed by atoms with E-state index in [2.05, 4.69) is 4.98 Å². The number of carbonyl (C=O) groups is 1. The Balaban J connectivity index is 1.54. The Labute approximate surface area is 176 Å². The number of ether oxygens (including phenoxy) is 1. The summed E-state index contributed by atoms with van der Waals surface area (Å²) >= 11 is 7.88. The molecule has 1 saturated heterocycles. The number of hydrogen-bond donors (Lipinski definition) is 2. The Hall–Kier alpha value is -2.19. The van der Waals surface area contributed by atoms with Crippen molar-refractivity contribution in [1.29, 1.82) is 0 Å². The number of thiophene rings is 1. The molecule has 2 aliphatic heterocycles. The molecular weight excluding hydrogens is 412 g/mol. The van der Waals surface area contributed by atoms with Crippen LogP contribution < -0.4 is 4.74 Å². The van der Waals surface area contributed by atoms with E-state index in [0.717, 1.165) is 31.8 Å². The molecule has 2 aliphatic rings. The van der Waals surface area contributed by atoms with E-state index in [1.807, 2.05) is 24.3 Å². The van der Waals surface area contributed by atoms with Gasteiger partial charge in [0.2, 0.25) is 0 Å². The molecule has 2 unspecified atom stereocenters. The van der Waals surface area contributed by atoms with Crippen LogP contribution in [0.3, 0.4) is 0 Å². The third-order valence-electron chi connectivity index (χ3n) is 5.46. The SMILES string of the molecule is O=C(C1Cc2cc(Cl)cc(-c3ccnc4cc(CO)sc34)c2O1)N1CCC(O)C1. The predicted molar refractivity (Wildman–Crippen MR) is 111 cm³/mol. The zero-order chi connectivity index (χ0) is 20.1. The van der Waals surface area contributed by atoms with Gasteiger partial charge in [0.25, 0.3) is 5.91 Å². The number of fused-ring (bicyclic) bond motifs is 2. The number of amides is 1. The van der Waals surface area contributed by atoms with E-state index in [9.17, 15) is 15.0 Å². The molecule has 150 valence electrons. The minimum Gasteiger partial charge on any atom is -0.479 e. The first-order chi connectivity index (χ1) is 14.0. The highest BCUT2D eigenvalue weighted by Gasteiger charge is 2.37. The van der Waals surface area contributed by atoms with Crippen LogP contribution in [0.15, 0.2) is 30.5 Å². The topological polar surface area (TPSA) is 82.9 Å². The molecule has 8 heteroatoms. The summed E-state index contributed by atoms with van der Waals surface area (Å²) in [6.07, 6.45) is 1.71. The molecule has 29 heavy (non-hydrogen) atoms. The molecule has 1 fully saturated rings. The Kier molecular flexibility index (Phi) is 4.70. The number of rotatable bonds is 3. The zero-order valence-corrected chi connectivity index (χ0v) is 17.0. The number of nitrogens with zero attached hydrogens (tertiary/aromatic N) is 2. The van der Waals surface area contributed by atoms with Gasteiger partial charge in [0.05, 0.1) is 22.9 Å². The van der Waals surface area contributed by atoms with Gasteiger partial charge in [-0.15, -0.1) is 11.3 Å². The number of hydrogen-bond acceptors (Lipinski definition) is 6. The maximum absolute atomic E-state index is 12.9. The number of likely N-dealkylation sites (tertiary alicyclic amines) is 1. The highest BCUT2D eigenvalue weighted by molar-refractivity contribution is 7.19. The summed E-state index contributed by atoms with van der Waals surface area (Å²) in [4.78, 5) is 19.8. The number of aromatic nitrogens is 1. The van der Waals surface area contributed by atoms with Crippen LogP contribution in [0.25, 0.3) is 21.3 Å². The van der Waals surface area contributed by atoms with Gasteiger partial charge in [-0.25, -0.2) is 0 Å². The van der Waals surface area contributed by atoms with Crippen molar-refractivity contribution in [2.75, 3.05) is 13.1 Å². The maximum atomic E-state index is 12.9. The van der Waals surface area contributed by atoms with Crippen molar-refractivity contribution in [3.8, 4) is 16.9 Å². The fraction of sp³-hybridized carbons (Fsp3) is 0.333. The van der Waals surface area contributed by atoms with Crippen LogP contribution in [0.5, 0.6) is 5.75 Å². The van der Waals surface area contributed by atoms with Crippen LogP contribution in [-0.2, 0) is 17.8 Å². The number of aliphatic hydroxyl groups is 2. The summed E-state index contributed by atoms with van der Waals surface area (Å²) in [5, 5.41) is 19.8. The predicted octanol–water partition coefficient (Wildman–Crippen LogP) is 3.01. The van der Waals surface area contributed by atoms with E-state index >= 15 is 0 Å². The third kappa shape index (κ3) is 3.28. The quantitative estimate of drug-likeness (QED) is 0.667. The molecule has 3 aromatic rings. The van der Waals surface area contributed by atoms with Crippen molar-refractivity contribution in [1.82, 2.24) is 9.88 Å². The van der Waals surface area contributed by atoms with E-state index in [0.29, 0.717) is 36.7 Å². The summed E-state index contributed by atoms with van der Waals surface area (Å²) in [5.74, 6) is 0.567. The van der Waals surface area contributed by atoms with E-state index in [4.69, 9.17) is 16.3 Å². The molecular formula is C21H19ClN2O4S. The van der Waals surface area contributed by atoms with Gasteiger partial charge in [-0.1, -0.05) is 11.6 Å². The van der Waals surface area contributed by atoms with Crippen LogP contribution in [0.2, 0.25) is 5.02 Å². The summed E-state index contributed by atoms with van der Waals surface area (Å²) in [7, 11) is 0. The molecule has 1 aromatic carbocycles. The van der Waals surface area contributed by atoms with E-state index < -0.39 is 12.2 Å². The maximum Gasteiger partial charge on any atom is 0.264 e. The first-order valence-electron chi connectivity index (χ1n) is 9.48. The Morgan fingerprint density at radius 3 is 2.97 bits per heavy atom. The van der Waals surface area contributed by atoms with Crippen molar-refractivity contribution >= 4 is 39.1 Å². The second-order valence-electron chi connectivity index (χ2n) is 7.42. The number of halogens is 1. The normalized spacial score (nSPS) is 20.9. The molecule has 0 bridgehead atoms. The zero-order valence-electron chi connectivity index (χ0n) is 15.5. The van der Waals surface area contributed by atoms with Crippen LogP contribution in [0.1, 0.15) is 16.9 Å². The minimum absolute atomic E-state index is 0.0388. The van der Waals surface area contributed by atoms with Gasteiger partial charge in [0.15, 0.2) is 6.10 Å². The van der Waals surface area contributed by atoms with Gasteiger partial charge in [-0.2, -0.15) is 0 Å².